The lowest BCUT2D eigenvalue weighted by Gasteiger charge is -2.30. The Hall–Kier alpha value is -2.72. The molecule has 0 aliphatic heterocycles. The molecule has 2 aromatic carbocycles. The first kappa shape index (κ1) is 29.4. The summed E-state index contributed by atoms with van der Waals surface area (Å²) in [4.78, 5) is 2.71. The van der Waals surface area contributed by atoms with Gasteiger partial charge in [0.1, 0.15) is 0 Å². The maximum Gasteiger partial charge on any atom is 0.0598 e. The van der Waals surface area contributed by atoms with Crippen LogP contribution in [0.1, 0.15) is 50.7 Å². The van der Waals surface area contributed by atoms with E-state index in [0.29, 0.717) is 22.9 Å². The van der Waals surface area contributed by atoms with Crippen LogP contribution < -0.4 is 0 Å². The molecule has 0 saturated heterocycles. The Bertz CT molecular complexity index is 1450. The topological polar surface area (TPSA) is 0 Å². The molecule has 0 bridgehead atoms. The van der Waals surface area contributed by atoms with Gasteiger partial charge in [0.25, 0.3) is 0 Å². The Morgan fingerprint density at radius 1 is 0.571 bits per heavy atom. The number of thioether (sulfide) groups is 2. The highest BCUT2D eigenvalue weighted by atomic mass is 32.2. The van der Waals surface area contributed by atoms with Crippen molar-refractivity contribution in [3.05, 3.63) is 154 Å². The second-order valence-corrected chi connectivity index (χ2v) is 17.6. The SMILES string of the molecule is CCSc1ccc(C2C=CC=CC3=C2C=C(C)C3[SiH](C)C2C(C)=CC3=C2C=CC=CC3c2ccc(SCC)cc2)cc1. The van der Waals surface area contributed by atoms with Gasteiger partial charge < -0.3 is 0 Å². The van der Waals surface area contributed by atoms with Crippen LogP contribution in [0.3, 0.4) is 0 Å². The number of rotatable bonds is 8. The Balaban J connectivity index is 1.33. The second-order valence-electron chi connectivity index (χ2n) is 11.9. The normalized spacial score (nSPS) is 25.3. The monoisotopic (exact) mass is 602 g/mol. The van der Waals surface area contributed by atoms with Gasteiger partial charge in [-0.2, -0.15) is 0 Å². The molecule has 0 aromatic heterocycles. The molecule has 0 heterocycles. The third-order valence-electron chi connectivity index (χ3n) is 9.29. The van der Waals surface area contributed by atoms with Crippen molar-refractivity contribution in [2.24, 2.45) is 0 Å². The van der Waals surface area contributed by atoms with Crippen LogP contribution in [-0.4, -0.2) is 20.3 Å². The van der Waals surface area contributed by atoms with Crippen LogP contribution in [0, 0.1) is 0 Å². The van der Waals surface area contributed by atoms with Crippen molar-refractivity contribution in [1.82, 2.24) is 0 Å². The smallest absolute Gasteiger partial charge is 0.0598 e. The Morgan fingerprint density at radius 2 is 0.976 bits per heavy atom. The summed E-state index contributed by atoms with van der Waals surface area (Å²) in [5, 5.41) is 0. The summed E-state index contributed by atoms with van der Waals surface area (Å²) in [6, 6.07) is 18.6. The first-order valence-electron chi connectivity index (χ1n) is 15.5. The molecule has 2 aromatic rings. The zero-order valence-electron chi connectivity index (χ0n) is 25.5. The molecule has 214 valence electrons. The summed E-state index contributed by atoms with van der Waals surface area (Å²) in [6.07, 6.45) is 23.8. The van der Waals surface area contributed by atoms with Gasteiger partial charge in [0.05, 0.1) is 8.80 Å². The maximum absolute atomic E-state index is 2.63. The lowest BCUT2D eigenvalue weighted by molar-refractivity contribution is 0.995. The van der Waals surface area contributed by atoms with Gasteiger partial charge in [0.2, 0.25) is 0 Å². The van der Waals surface area contributed by atoms with E-state index in [0.717, 1.165) is 11.5 Å². The summed E-state index contributed by atoms with van der Waals surface area (Å²) < 4.78 is 0. The molecule has 0 spiro atoms. The van der Waals surface area contributed by atoms with Crippen LogP contribution in [0.2, 0.25) is 17.6 Å². The molecular formula is C39H42S2Si. The van der Waals surface area contributed by atoms with E-state index in [1.807, 2.05) is 23.5 Å². The Kier molecular flexibility index (Phi) is 9.00. The molecule has 42 heavy (non-hydrogen) atoms. The van der Waals surface area contributed by atoms with E-state index in [2.05, 4.69) is 144 Å². The van der Waals surface area contributed by atoms with Gasteiger partial charge in [-0.05, 0) is 94.1 Å². The van der Waals surface area contributed by atoms with Gasteiger partial charge >= 0.3 is 0 Å². The van der Waals surface area contributed by atoms with Crippen LogP contribution >= 0.6 is 23.5 Å². The number of benzene rings is 2. The highest BCUT2D eigenvalue weighted by molar-refractivity contribution is 7.99. The minimum atomic E-state index is -1.35. The van der Waals surface area contributed by atoms with Gasteiger partial charge in [-0.3, -0.25) is 0 Å². The van der Waals surface area contributed by atoms with Crippen LogP contribution in [0.5, 0.6) is 0 Å². The van der Waals surface area contributed by atoms with Crippen molar-refractivity contribution in [3.63, 3.8) is 0 Å². The van der Waals surface area contributed by atoms with Gasteiger partial charge in [-0.15, -0.1) is 23.5 Å². The van der Waals surface area contributed by atoms with Crippen molar-refractivity contribution in [2.45, 2.75) is 67.0 Å². The fourth-order valence-corrected chi connectivity index (χ4v) is 12.8. The highest BCUT2D eigenvalue weighted by Crippen LogP contribution is 2.53. The molecular weight excluding hydrogens is 561 g/mol. The first-order chi connectivity index (χ1) is 20.5. The summed E-state index contributed by atoms with van der Waals surface area (Å²) in [7, 11) is -1.35. The van der Waals surface area contributed by atoms with Crippen molar-refractivity contribution in [3.8, 4) is 0 Å². The quantitative estimate of drug-likeness (QED) is 0.218. The summed E-state index contributed by atoms with van der Waals surface area (Å²) in [5.41, 5.74) is 13.1. The lowest BCUT2D eigenvalue weighted by atomic mass is 9.89. The van der Waals surface area contributed by atoms with E-state index < -0.39 is 8.80 Å². The maximum atomic E-state index is 2.63. The molecule has 3 heteroatoms. The average molecular weight is 603 g/mol. The number of hydrogen-bond donors (Lipinski definition) is 0. The highest BCUT2D eigenvalue weighted by Gasteiger charge is 2.40. The number of hydrogen-bond acceptors (Lipinski definition) is 2. The molecule has 4 aliphatic rings. The second kappa shape index (κ2) is 12.9. The van der Waals surface area contributed by atoms with Crippen LogP contribution in [0.4, 0.5) is 0 Å². The van der Waals surface area contributed by atoms with Gasteiger partial charge in [-0.25, -0.2) is 0 Å². The van der Waals surface area contributed by atoms with Crippen molar-refractivity contribution < 1.29 is 0 Å². The molecule has 0 fully saturated rings. The Labute approximate surface area is 263 Å². The Morgan fingerprint density at radius 3 is 1.36 bits per heavy atom. The van der Waals surface area contributed by atoms with E-state index in [1.54, 1.807) is 22.3 Å². The minimum absolute atomic E-state index is 0.312. The van der Waals surface area contributed by atoms with Crippen molar-refractivity contribution in [2.75, 3.05) is 11.5 Å². The fraction of sp³-hybridized carbons (Fsp3) is 0.282. The van der Waals surface area contributed by atoms with E-state index in [-0.39, 0.29) is 0 Å². The van der Waals surface area contributed by atoms with Gasteiger partial charge in [0, 0.05) is 21.6 Å². The third kappa shape index (κ3) is 5.64. The van der Waals surface area contributed by atoms with Gasteiger partial charge in [0.15, 0.2) is 0 Å². The molecule has 4 aliphatic carbocycles. The summed E-state index contributed by atoms with van der Waals surface area (Å²) in [5.74, 6) is 2.84. The van der Waals surface area contributed by atoms with Crippen LogP contribution in [0.15, 0.2) is 153 Å². The third-order valence-corrected chi connectivity index (χ3v) is 14.9. The van der Waals surface area contributed by atoms with E-state index in [9.17, 15) is 0 Å². The first-order valence-corrected chi connectivity index (χ1v) is 20.0. The molecule has 6 rings (SSSR count). The summed E-state index contributed by atoms with van der Waals surface area (Å²) >= 11 is 3.83. The average Bonchev–Trinajstić information content (AvgIpc) is 3.30. The molecule has 4 unspecified atom stereocenters. The zero-order chi connectivity index (χ0) is 29.2. The van der Waals surface area contributed by atoms with Crippen molar-refractivity contribution in [1.29, 1.82) is 0 Å². The summed E-state index contributed by atoms with van der Waals surface area (Å²) in [6.45, 7) is 11.9. The molecule has 0 N–H and O–H groups in total. The minimum Gasteiger partial charge on any atom is -0.126 e. The molecule has 0 amide bonds. The molecule has 0 nitrogen and oxygen atoms in total. The van der Waals surface area contributed by atoms with Gasteiger partial charge in [-0.1, -0.05) is 117 Å². The number of allylic oxidation sites excluding steroid dienone is 16. The standard InChI is InChI=1S/C39H42S2Si/c1-6-40-30-20-16-28(17-21-30)32-12-8-10-14-34-36(32)24-26(3)38(34)42(5)39-27(4)25-37-33(13-9-11-15-35(37)39)29-18-22-31(23-19-29)41-7-2/h8-25,32-33,38-39,42H,6-7H2,1-5H3. The van der Waals surface area contributed by atoms with E-state index >= 15 is 0 Å². The van der Waals surface area contributed by atoms with Crippen LogP contribution in [-0.2, 0) is 0 Å². The molecule has 0 saturated carbocycles. The largest absolute Gasteiger partial charge is 0.126 e. The van der Waals surface area contributed by atoms with Crippen LogP contribution in [0.25, 0.3) is 0 Å². The van der Waals surface area contributed by atoms with E-state index in [4.69, 9.17) is 0 Å². The molecule has 0 radical (unpaired) electrons. The zero-order valence-corrected chi connectivity index (χ0v) is 28.3. The fourth-order valence-electron chi connectivity index (χ4n) is 7.55. The van der Waals surface area contributed by atoms with Crippen molar-refractivity contribution >= 4 is 32.3 Å². The van der Waals surface area contributed by atoms with E-state index in [1.165, 1.54) is 32.1 Å². The predicted molar refractivity (Wildman–Crippen MR) is 190 cm³/mol. The lowest BCUT2D eigenvalue weighted by Crippen LogP contribution is -2.25. The molecule has 4 atom stereocenters. The predicted octanol–water partition coefficient (Wildman–Crippen LogP) is 11.1.